The van der Waals surface area contributed by atoms with Gasteiger partial charge in [0.1, 0.15) is 24.5 Å². The second-order valence-electron chi connectivity index (χ2n) is 7.84. The van der Waals surface area contributed by atoms with Crippen molar-refractivity contribution in [1.82, 2.24) is 10.2 Å². The maximum absolute atomic E-state index is 13.1. The number of nitrogens with one attached hydrogen (secondary N) is 1. The smallest absolute Gasteiger partial charge is 0.311 e. The number of carboxylic acids is 1. The Morgan fingerprint density at radius 1 is 1.20 bits per heavy atom. The first kappa shape index (κ1) is 30.4. The normalized spacial score (nSPS) is 12.9. The van der Waals surface area contributed by atoms with Crippen LogP contribution in [0.15, 0.2) is 51.3 Å². The van der Waals surface area contributed by atoms with E-state index >= 15 is 0 Å². The third kappa shape index (κ3) is 9.18. The number of carbonyl (C=O) groups is 2. The molecule has 0 saturated heterocycles. The van der Waals surface area contributed by atoms with Crippen LogP contribution in [0, 0.1) is 0 Å². The average molecular weight is 597 g/mol. The molecule has 8 heteroatoms. The second-order valence-corrected chi connectivity index (χ2v) is 9.00. The summed E-state index contributed by atoms with van der Waals surface area (Å²) < 4.78 is 12.4. The van der Waals surface area contributed by atoms with E-state index in [1.807, 2.05) is 0 Å². The number of allylic oxidation sites excluding steroid dienone is 3. The highest BCUT2D eigenvalue weighted by molar-refractivity contribution is 14.1. The standard InChI is InChI=1S/C27H37IN2O5/c1-8-18(6)29-19(7)27(34-16-15-30(11-4)12-5)21(28)13-14-22(31)26-20(9-2)23(10-3)35-24(26)17-25(32)33/h9-10,13-14,18,29H,2-3,7-8,11-12,15-17H2,1,4-6H3,(H,32,33)/b14-13+,27-21-/t18-/m1/s1. The van der Waals surface area contributed by atoms with Crippen molar-refractivity contribution in [3.63, 3.8) is 0 Å². The average Bonchev–Trinajstić information content (AvgIpc) is 3.18. The maximum atomic E-state index is 13.1. The molecule has 0 aliphatic carbocycles. The van der Waals surface area contributed by atoms with Crippen molar-refractivity contribution in [2.45, 2.75) is 46.6 Å². The van der Waals surface area contributed by atoms with Crippen LogP contribution >= 0.6 is 22.6 Å². The number of halogens is 1. The Bertz CT molecular complexity index is 986. The largest absolute Gasteiger partial charge is 0.489 e. The van der Waals surface area contributed by atoms with Gasteiger partial charge < -0.3 is 24.5 Å². The van der Waals surface area contributed by atoms with Gasteiger partial charge >= 0.3 is 5.97 Å². The first-order valence-electron chi connectivity index (χ1n) is 11.7. The summed E-state index contributed by atoms with van der Waals surface area (Å²) in [6.07, 6.45) is 6.40. The molecule has 0 fully saturated rings. The molecule has 0 aliphatic rings. The van der Waals surface area contributed by atoms with Crippen LogP contribution in [0.1, 0.15) is 61.6 Å². The predicted octanol–water partition coefficient (Wildman–Crippen LogP) is 5.84. The molecule has 35 heavy (non-hydrogen) atoms. The molecular weight excluding hydrogens is 559 g/mol. The van der Waals surface area contributed by atoms with Crippen molar-refractivity contribution in [1.29, 1.82) is 0 Å². The van der Waals surface area contributed by atoms with Crippen LogP contribution in [0.25, 0.3) is 12.2 Å². The zero-order valence-corrected chi connectivity index (χ0v) is 23.3. The number of carboxylic acid groups (broad SMARTS) is 1. The summed E-state index contributed by atoms with van der Waals surface area (Å²) in [5, 5.41) is 12.6. The Kier molecular flexibility index (Phi) is 13.4. The molecule has 1 rings (SSSR count). The minimum absolute atomic E-state index is 0.0643. The topological polar surface area (TPSA) is 92.0 Å². The highest BCUT2D eigenvalue weighted by Gasteiger charge is 2.23. The first-order valence-corrected chi connectivity index (χ1v) is 12.8. The van der Waals surface area contributed by atoms with Crippen molar-refractivity contribution < 1.29 is 23.8 Å². The molecule has 1 atom stereocenters. The van der Waals surface area contributed by atoms with Crippen molar-refractivity contribution in [2.24, 2.45) is 0 Å². The predicted molar refractivity (Wildman–Crippen MR) is 151 cm³/mol. The maximum Gasteiger partial charge on any atom is 0.311 e. The number of hydrogen-bond acceptors (Lipinski definition) is 6. The van der Waals surface area contributed by atoms with Crippen LogP contribution < -0.4 is 5.32 Å². The molecule has 2 N–H and O–H groups in total. The minimum atomic E-state index is -1.10. The lowest BCUT2D eigenvalue weighted by Gasteiger charge is -2.22. The summed E-state index contributed by atoms with van der Waals surface area (Å²) >= 11 is 2.11. The van der Waals surface area contributed by atoms with E-state index in [9.17, 15) is 14.7 Å². The molecule has 1 aromatic rings. The fourth-order valence-corrected chi connectivity index (χ4v) is 3.95. The number of furan rings is 1. The quantitative estimate of drug-likeness (QED) is 0.0768. The molecule has 0 aliphatic heterocycles. The van der Waals surface area contributed by atoms with Gasteiger partial charge in [0, 0.05) is 18.2 Å². The van der Waals surface area contributed by atoms with Crippen LogP contribution in [-0.2, 0) is 16.0 Å². The van der Waals surface area contributed by atoms with E-state index < -0.39 is 18.2 Å². The van der Waals surface area contributed by atoms with Crippen molar-refractivity contribution >= 4 is 46.5 Å². The zero-order chi connectivity index (χ0) is 26.5. The molecule has 0 saturated carbocycles. The summed E-state index contributed by atoms with van der Waals surface area (Å²) in [5.41, 5.74) is 1.22. The van der Waals surface area contributed by atoms with Gasteiger partial charge in [0.2, 0.25) is 0 Å². The molecule has 0 radical (unpaired) electrons. The number of hydrogen-bond donors (Lipinski definition) is 2. The fraction of sp³-hybridized carbons (Fsp3) is 0.407. The molecule has 0 spiro atoms. The van der Waals surface area contributed by atoms with E-state index in [-0.39, 0.29) is 17.4 Å². The molecule has 0 aromatic carbocycles. The number of nitrogens with zero attached hydrogens (tertiary/aromatic N) is 1. The van der Waals surface area contributed by atoms with Gasteiger partial charge in [-0.25, -0.2) is 0 Å². The Labute approximate surface area is 222 Å². The third-order valence-electron chi connectivity index (χ3n) is 5.45. The van der Waals surface area contributed by atoms with Crippen LogP contribution in [-0.4, -0.2) is 54.0 Å². The highest BCUT2D eigenvalue weighted by atomic mass is 127. The van der Waals surface area contributed by atoms with Gasteiger partial charge in [0.05, 0.1) is 14.8 Å². The fourth-order valence-electron chi connectivity index (χ4n) is 3.29. The van der Waals surface area contributed by atoms with Gasteiger partial charge in [-0.1, -0.05) is 46.6 Å². The molecule has 192 valence electrons. The lowest BCUT2D eigenvalue weighted by Crippen LogP contribution is -2.29. The SMILES string of the molecule is C=Cc1oc(CC(=O)O)c(C(=O)/C=C/C(I)=C(/OCCN(CC)CC)C(=C)N[C@H](C)CC)c1C=C. The Morgan fingerprint density at radius 3 is 2.37 bits per heavy atom. The summed E-state index contributed by atoms with van der Waals surface area (Å²) in [5.74, 6) is -0.561. The van der Waals surface area contributed by atoms with E-state index in [1.54, 1.807) is 6.08 Å². The van der Waals surface area contributed by atoms with Crippen LogP contribution in [0.3, 0.4) is 0 Å². The van der Waals surface area contributed by atoms with Gasteiger partial charge in [-0.15, -0.1) is 0 Å². The lowest BCUT2D eigenvalue weighted by atomic mass is 10.0. The van der Waals surface area contributed by atoms with Crippen LogP contribution in [0.4, 0.5) is 0 Å². The van der Waals surface area contributed by atoms with Gasteiger partial charge in [-0.2, -0.15) is 0 Å². The molecule has 1 heterocycles. The summed E-state index contributed by atoms with van der Waals surface area (Å²) in [6, 6.07) is 0.204. The van der Waals surface area contributed by atoms with Crippen LogP contribution in [0.5, 0.6) is 0 Å². The van der Waals surface area contributed by atoms with Gasteiger partial charge in [0.25, 0.3) is 0 Å². The number of ketones is 1. The Balaban J connectivity index is 3.31. The number of ether oxygens (including phenoxy) is 1. The van der Waals surface area contributed by atoms with Crippen molar-refractivity contribution in [3.8, 4) is 0 Å². The summed E-state index contributed by atoms with van der Waals surface area (Å²) in [6.45, 7) is 23.0. The van der Waals surface area contributed by atoms with Gasteiger partial charge in [-0.05, 0) is 67.3 Å². The van der Waals surface area contributed by atoms with E-state index in [4.69, 9.17) is 9.15 Å². The number of likely N-dealkylation sites (N-methyl/N-ethyl adjacent to an activating group) is 1. The van der Waals surface area contributed by atoms with E-state index in [0.29, 0.717) is 33.0 Å². The van der Waals surface area contributed by atoms with Crippen molar-refractivity contribution in [3.05, 3.63) is 69.6 Å². The number of aliphatic carboxylic acids is 1. The summed E-state index contributed by atoms with van der Waals surface area (Å²) in [7, 11) is 0. The van der Waals surface area contributed by atoms with Crippen LogP contribution in [0.2, 0.25) is 0 Å². The monoisotopic (exact) mass is 596 g/mol. The summed E-state index contributed by atoms with van der Waals surface area (Å²) in [4.78, 5) is 26.7. The molecule has 0 amide bonds. The first-order chi connectivity index (χ1) is 16.6. The van der Waals surface area contributed by atoms with E-state index in [2.05, 4.69) is 80.2 Å². The lowest BCUT2D eigenvalue weighted by molar-refractivity contribution is -0.136. The number of rotatable bonds is 17. The molecule has 7 nitrogen and oxygen atoms in total. The van der Waals surface area contributed by atoms with E-state index in [0.717, 1.165) is 26.1 Å². The molecular formula is C27H37IN2O5. The Hall–Kier alpha value is -2.59. The van der Waals surface area contributed by atoms with Gasteiger partial charge in [0.15, 0.2) is 11.5 Å². The zero-order valence-electron chi connectivity index (χ0n) is 21.2. The molecule has 0 bridgehead atoms. The number of carbonyl (C=O) groups excluding carboxylic acids is 1. The second kappa shape index (κ2) is 15.4. The highest BCUT2D eigenvalue weighted by Crippen LogP contribution is 2.28. The molecule has 0 unspecified atom stereocenters. The van der Waals surface area contributed by atoms with Gasteiger partial charge in [-0.3, -0.25) is 9.59 Å². The van der Waals surface area contributed by atoms with Crippen molar-refractivity contribution in [2.75, 3.05) is 26.2 Å². The molecule has 1 aromatic heterocycles. The third-order valence-corrected chi connectivity index (χ3v) is 6.30. The Morgan fingerprint density at radius 2 is 1.86 bits per heavy atom. The van der Waals surface area contributed by atoms with E-state index in [1.165, 1.54) is 18.2 Å². The minimum Gasteiger partial charge on any atom is -0.489 e.